The van der Waals surface area contributed by atoms with E-state index in [4.69, 9.17) is 9.47 Å². The Balaban J connectivity index is 2.22. The normalized spacial score (nSPS) is 10.1. The average molecular weight is 266 g/mol. The van der Waals surface area contributed by atoms with Gasteiger partial charge < -0.3 is 9.47 Å². The van der Waals surface area contributed by atoms with Gasteiger partial charge in [-0.1, -0.05) is 6.07 Å². The second-order valence-corrected chi connectivity index (χ2v) is 4.07. The van der Waals surface area contributed by atoms with Crippen molar-refractivity contribution >= 4 is 17.8 Å². The molecule has 0 aliphatic carbocycles. The number of ether oxygens (including phenoxy) is 2. The molecule has 6 nitrogen and oxygen atoms in total. The molecule has 1 N–H and O–H groups in total. The monoisotopic (exact) mass is 266 g/mol. The van der Waals surface area contributed by atoms with Crippen LogP contribution in [-0.2, 0) is 6.61 Å². The maximum Gasteiger partial charge on any atom is 0.343 e. The van der Waals surface area contributed by atoms with E-state index in [-0.39, 0.29) is 11.5 Å². The Labute approximate surface area is 106 Å². The zero-order chi connectivity index (χ0) is 13.0. The van der Waals surface area contributed by atoms with E-state index in [9.17, 15) is 9.59 Å². The van der Waals surface area contributed by atoms with E-state index in [1.807, 2.05) is 0 Å². The molecule has 1 aromatic heterocycles. The summed E-state index contributed by atoms with van der Waals surface area (Å²) in [5.74, 6) is 1.20. The maximum absolute atomic E-state index is 10.9. The van der Waals surface area contributed by atoms with Gasteiger partial charge in [0, 0.05) is 11.5 Å². The van der Waals surface area contributed by atoms with Crippen molar-refractivity contribution < 1.29 is 14.3 Å². The van der Waals surface area contributed by atoms with Crippen LogP contribution in [0.15, 0.2) is 23.0 Å². The Kier molecular flexibility index (Phi) is 3.73. The van der Waals surface area contributed by atoms with Crippen LogP contribution in [0, 0.1) is 0 Å². The fourth-order valence-electron chi connectivity index (χ4n) is 1.40. The molecule has 0 amide bonds. The Morgan fingerprint density at radius 1 is 1.50 bits per heavy atom. The first-order valence-electron chi connectivity index (χ1n) is 5.04. The van der Waals surface area contributed by atoms with Crippen molar-refractivity contribution in [3.8, 4) is 11.5 Å². The SMILES string of the molecule is COc1cccc(C=O)c1OCc1nc(=O)s[nH]1. The molecule has 0 saturated carbocycles. The molecule has 0 spiro atoms. The summed E-state index contributed by atoms with van der Waals surface area (Å²) < 4.78 is 13.3. The molecule has 18 heavy (non-hydrogen) atoms. The second-order valence-electron chi connectivity index (χ2n) is 3.31. The molecule has 0 atom stereocenters. The summed E-state index contributed by atoms with van der Waals surface area (Å²) in [6, 6.07) is 5.00. The minimum Gasteiger partial charge on any atom is -0.493 e. The molecule has 0 fully saturated rings. The number of nitrogens with zero attached hydrogens (tertiary/aromatic N) is 1. The smallest absolute Gasteiger partial charge is 0.343 e. The van der Waals surface area contributed by atoms with Crippen LogP contribution in [0.2, 0.25) is 0 Å². The van der Waals surface area contributed by atoms with Crippen LogP contribution in [0.1, 0.15) is 16.2 Å². The van der Waals surface area contributed by atoms with Crippen molar-refractivity contribution in [2.24, 2.45) is 0 Å². The number of hydrogen-bond donors (Lipinski definition) is 1. The number of benzene rings is 1. The van der Waals surface area contributed by atoms with Crippen LogP contribution >= 0.6 is 11.5 Å². The Hall–Kier alpha value is -2.15. The lowest BCUT2D eigenvalue weighted by Gasteiger charge is -2.11. The van der Waals surface area contributed by atoms with Gasteiger partial charge in [-0.05, 0) is 12.1 Å². The van der Waals surface area contributed by atoms with E-state index < -0.39 is 0 Å². The lowest BCUT2D eigenvalue weighted by atomic mass is 10.2. The highest BCUT2D eigenvalue weighted by atomic mass is 32.1. The topological polar surface area (TPSA) is 81.3 Å². The van der Waals surface area contributed by atoms with Gasteiger partial charge in [-0.25, -0.2) is 0 Å². The quantitative estimate of drug-likeness (QED) is 0.823. The van der Waals surface area contributed by atoms with Crippen LogP contribution < -0.4 is 14.3 Å². The second kappa shape index (κ2) is 5.46. The molecule has 1 aromatic carbocycles. The molecular weight excluding hydrogens is 256 g/mol. The van der Waals surface area contributed by atoms with Gasteiger partial charge in [0.25, 0.3) is 0 Å². The van der Waals surface area contributed by atoms with Gasteiger partial charge in [-0.2, -0.15) is 4.98 Å². The van der Waals surface area contributed by atoms with Crippen molar-refractivity contribution in [2.45, 2.75) is 6.61 Å². The number of hydrogen-bond acceptors (Lipinski definition) is 6. The van der Waals surface area contributed by atoms with Crippen molar-refractivity contribution in [3.63, 3.8) is 0 Å². The molecular formula is C11H10N2O4S. The molecule has 2 rings (SSSR count). The number of carbonyl (C=O) groups excluding carboxylic acids is 1. The predicted octanol–water partition coefficient (Wildman–Crippen LogP) is 1.23. The van der Waals surface area contributed by atoms with Crippen molar-refractivity contribution in [3.05, 3.63) is 39.3 Å². The van der Waals surface area contributed by atoms with E-state index in [1.54, 1.807) is 18.2 Å². The van der Waals surface area contributed by atoms with Crippen LogP contribution in [0.3, 0.4) is 0 Å². The summed E-state index contributed by atoms with van der Waals surface area (Å²) in [6.07, 6.45) is 0.682. The molecule has 0 saturated heterocycles. The van der Waals surface area contributed by atoms with Gasteiger partial charge in [0.15, 0.2) is 23.6 Å². The number of rotatable bonds is 5. The number of methoxy groups -OCH3 is 1. The third-order valence-corrected chi connectivity index (χ3v) is 2.80. The molecule has 0 unspecified atom stereocenters. The predicted molar refractivity (Wildman–Crippen MR) is 65.4 cm³/mol. The minimum absolute atomic E-state index is 0.0694. The zero-order valence-corrected chi connectivity index (χ0v) is 10.3. The van der Waals surface area contributed by atoms with E-state index in [0.717, 1.165) is 11.5 Å². The third kappa shape index (κ3) is 2.57. The molecule has 7 heteroatoms. The summed E-state index contributed by atoms with van der Waals surface area (Å²) in [5, 5.41) is 0. The number of aldehydes is 1. The molecule has 94 valence electrons. The van der Waals surface area contributed by atoms with Crippen LogP contribution in [-0.4, -0.2) is 22.8 Å². The fraction of sp³-hybridized carbons (Fsp3) is 0.182. The number of carbonyl (C=O) groups is 1. The third-order valence-electron chi connectivity index (χ3n) is 2.19. The summed E-state index contributed by atoms with van der Waals surface area (Å²) in [5.41, 5.74) is 0.381. The van der Waals surface area contributed by atoms with Gasteiger partial charge in [0.05, 0.1) is 12.7 Å². The number of H-pyrrole nitrogens is 1. The minimum atomic E-state index is -0.316. The average Bonchev–Trinajstić information content (AvgIpc) is 2.81. The van der Waals surface area contributed by atoms with E-state index in [1.165, 1.54) is 7.11 Å². The molecule has 1 heterocycles. The van der Waals surface area contributed by atoms with Crippen molar-refractivity contribution in [2.75, 3.05) is 7.11 Å². The van der Waals surface area contributed by atoms with Gasteiger partial charge in [0.2, 0.25) is 0 Å². The highest BCUT2D eigenvalue weighted by molar-refractivity contribution is 7.02. The fourth-order valence-corrected chi connectivity index (χ4v) is 1.87. The van der Waals surface area contributed by atoms with Crippen molar-refractivity contribution in [1.29, 1.82) is 0 Å². The molecule has 0 aliphatic rings. The number of aromatic amines is 1. The van der Waals surface area contributed by atoms with Crippen LogP contribution in [0.4, 0.5) is 0 Å². The lowest BCUT2D eigenvalue weighted by molar-refractivity contribution is 0.111. The summed E-state index contributed by atoms with van der Waals surface area (Å²) >= 11 is 0.887. The zero-order valence-electron chi connectivity index (χ0n) is 9.50. The Morgan fingerprint density at radius 2 is 2.33 bits per heavy atom. The standard InChI is InChI=1S/C11H10N2O4S/c1-16-8-4-2-3-7(5-14)10(8)17-6-9-12-11(15)18-13-9/h2-5H,6H2,1H3,(H,12,13,15). The first-order chi connectivity index (χ1) is 8.74. The molecule has 0 bridgehead atoms. The number of para-hydroxylation sites is 1. The highest BCUT2D eigenvalue weighted by Gasteiger charge is 2.11. The first kappa shape index (κ1) is 12.3. The summed E-state index contributed by atoms with van der Waals surface area (Å²) in [4.78, 5) is 25.2. The van der Waals surface area contributed by atoms with E-state index in [2.05, 4.69) is 9.36 Å². The highest BCUT2D eigenvalue weighted by Crippen LogP contribution is 2.30. The first-order valence-corrected chi connectivity index (χ1v) is 5.85. The number of aromatic nitrogens is 2. The van der Waals surface area contributed by atoms with Gasteiger partial charge in [0.1, 0.15) is 6.61 Å². The molecule has 0 aliphatic heterocycles. The molecule has 2 aromatic rings. The van der Waals surface area contributed by atoms with Gasteiger partial charge in [-0.15, -0.1) is 0 Å². The van der Waals surface area contributed by atoms with Crippen LogP contribution in [0.25, 0.3) is 0 Å². The lowest BCUT2D eigenvalue weighted by Crippen LogP contribution is -2.03. The Bertz CT molecular complexity index is 605. The van der Waals surface area contributed by atoms with E-state index >= 15 is 0 Å². The van der Waals surface area contributed by atoms with Gasteiger partial charge in [-0.3, -0.25) is 14.0 Å². The largest absolute Gasteiger partial charge is 0.493 e. The maximum atomic E-state index is 10.9. The van der Waals surface area contributed by atoms with Crippen molar-refractivity contribution in [1.82, 2.24) is 9.36 Å². The summed E-state index contributed by atoms with van der Waals surface area (Å²) in [6.45, 7) is 0.0694. The van der Waals surface area contributed by atoms with Gasteiger partial charge >= 0.3 is 4.87 Å². The van der Waals surface area contributed by atoms with E-state index in [0.29, 0.717) is 29.2 Å². The summed E-state index contributed by atoms with van der Waals surface area (Å²) in [7, 11) is 1.49. The molecule has 0 radical (unpaired) electrons. The Morgan fingerprint density at radius 3 is 2.94 bits per heavy atom. The number of nitrogens with one attached hydrogen (secondary N) is 1. The van der Waals surface area contributed by atoms with Crippen LogP contribution in [0.5, 0.6) is 11.5 Å².